The lowest BCUT2D eigenvalue weighted by atomic mass is 9.82. The maximum absolute atomic E-state index is 13.5. The first-order valence-corrected chi connectivity index (χ1v) is 14.7. The molecule has 0 aliphatic heterocycles. The molecule has 1 fully saturated rings. The number of aromatic nitrogens is 1. The smallest absolute Gasteiger partial charge is 0.275 e. The van der Waals surface area contributed by atoms with Crippen LogP contribution in [-0.4, -0.2) is 47.1 Å². The van der Waals surface area contributed by atoms with Gasteiger partial charge in [0, 0.05) is 34.4 Å². The molecule has 0 unspecified atom stereocenters. The highest BCUT2D eigenvalue weighted by molar-refractivity contribution is 7.18. The third-order valence-corrected chi connectivity index (χ3v) is 8.24. The molecule has 1 aliphatic rings. The van der Waals surface area contributed by atoms with Crippen LogP contribution in [0.4, 0.5) is 11.4 Å². The number of benzene rings is 1. The Hall–Kier alpha value is -3.12. The molecule has 1 aliphatic carbocycles. The first kappa shape index (κ1) is 30.4. The van der Waals surface area contributed by atoms with Crippen molar-refractivity contribution in [2.45, 2.75) is 52.5 Å². The van der Waals surface area contributed by atoms with E-state index >= 15 is 0 Å². The number of carbonyl (C=O) groups excluding carboxylic acids is 3. The van der Waals surface area contributed by atoms with Crippen LogP contribution in [0.1, 0.15) is 66.6 Å². The summed E-state index contributed by atoms with van der Waals surface area (Å²) in [6.07, 6.45) is 3.68. The number of nitrogens with one attached hydrogen (secondary N) is 1. The number of aromatic carboxylic acids is 1. The van der Waals surface area contributed by atoms with Crippen LogP contribution >= 0.6 is 22.7 Å². The fourth-order valence-corrected chi connectivity index (χ4v) is 5.96. The first-order valence-electron chi connectivity index (χ1n) is 12.9. The van der Waals surface area contributed by atoms with Crippen molar-refractivity contribution in [3.05, 3.63) is 51.8 Å². The molecule has 0 radical (unpaired) electrons. The van der Waals surface area contributed by atoms with Crippen molar-refractivity contribution >= 4 is 51.8 Å². The zero-order chi connectivity index (χ0) is 28.5. The molecule has 0 saturated heterocycles. The van der Waals surface area contributed by atoms with E-state index < -0.39 is 5.97 Å². The maximum Gasteiger partial charge on any atom is 0.275 e. The second kappa shape index (κ2) is 14.3. The molecule has 2 heterocycles. The highest BCUT2D eigenvalue weighted by Crippen LogP contribution is 2.39. The Kier molecular flexibility index (Phi) is 11.2. The summed E-state index contributed by atoms with van der Waals surface area (Å²) in [5.74, 6) is -1.07. The van der Waals surface area contributed by atoms with Gasteiger partial charge in [0.1, 0.15) is 5.69 Å². The van der Waals surface area contributed by atoms with Crippen molar-refractivity contribution in [2.75, 3.05) is 23.4 Å². The lowest BCUT2D eigenvalue weighted by molar-refractivity contribution is -0.254. The van der Waals surface area contributed by atoms with Gasteiger partial charge in [0.2, 0.25) is 5.91 Å². The maximum atomic E-state index is 13.5. The third-order valence-electron chi connectivity index (χ3n) is 6.50. The number of anilines is 2. The predicted octanol–water partition coefficient (Wildman–Crippen LogP) is 3.99. The number of carbonyl (C=O) groups is 3. The quantitative estimate of drug-likeness (QED) is 0.370. The molecule has 39 heavy (non-hydrogen) atoms. The largest absolute Gasteiger partial charge is 0.544 e. The highest BCUT2D eigenvalue weighted by Gasteiger charge is 2.32. The lowest BCUT2D eigenvalue weighted by Crippen LogP contribution is -2.43. The highest BCUT2D eigenvalue weighted by atomic mass is 32.1. The van der Waals surface area contributed by atoms with E-state index in [4.69, 9.17) is 10.8 Å². The minimum absolute atomic E-state index is 0.0150. The molecule has 0 spiro atoms. The number of hydrogen-bond acceptors (Lipinski definition) is 9. The summed E-state index contributed by atoms with van der Waals surface area (Å²) in [6, 6.07) is 8.72. The second-order valence-electron chi connectivity index (χ2n) is 9.79. The Bertz CT molecular complexity index is 1230. The van der Waals surface area contributed by atoms with Crippen LogP contribution < -0.4 is 21.1 Å². The Morgan fingerprint density at radius 3 is 2.33 bits per heavy atom. The summed E-state index contributed by atoms with van der Waals surface area (Å²) in [5.41, 5.74) is 8.52. The molecular formula is C28H35N4O5S2-. The number of carboxylic acids is 1. The molecule has 3 aromatic rings. The number of nitrogens with two attached hydrogens (primary N) is 1. The van der Waals surface area contributed by atoms with E-state index in [0.29, 0.717) is 34.4 Å². The van der Waals surface area contributed by atoms with Gasteiger partial charge >= 0.3 is 0 Å². The summed E-state index contributed by atoms with van der Waals surface area (Å²) >= 11 is 2.44. The lowest BCUT2D eigenvalue weighted by Gasteiger charge is -2.33. The van der Waals surface area contributed by atoms with Gasteiger partial charge in [-0.25, -0.2) is 4.98 Å². The average Bonchev–Trinajstić information content (AvgIpc) is 3.61. The Morgan fingerprint density at radius 1 is 1.18 bits per heavy atom. The molecule has 2 aromatic heterocycles. The SMILES string of the molecule is CC1CCC(C(=O)N(c2cc(-c3ccc(NC(=O)c4cscn4)cc3)sc2C(=O)[O-])C(C)C)CC1.NCCO. The molecular weight excluding hydrogens is 536 g/mol. The molecule has 9 nitrogen and oxygen atoms in total. The second-order valence-corrected chi connectivity index (χ2v) is 11.6. The average molecular weight is 572 g/mol. The molecule has 4 N–H and O–H groups in total. The van der Waals surface area contributed by atoms with Crippen molar-refractivity contribution in [3.8, 4) is 10.4 Å². The Balaban J connectivity index is 0.000000983. The molecule has 0 bridgehead atoms. The number of carboxylic acid groups (broad SMARTS) is 1. The summed E-state index contributed by atoms with van der Waals surface area (Å²) in [6.45, 7) is 6.48. The number of amides is 2. The number of aliphatic hydroxyl groups excluding tert-OH is 1. The van der Waals surface area contributed by atoms with Crippen molar-refractivity contribution in [2.24, 2.45) is 17.6 Å². The van der Waals surface area contributed by atoms with Crippen molar-refractivity contribution in [1.82, 2.24) is 4.98 Å². The zero-order valence-electron chi connectivity index (χ0n) is 22.4. The van der Waals surface area contributed by atoms with E-state index in [-0.39, 0.29) is 35.3 Å². The van der Waals surface area contributed by atoms with Gasteiger partial charge in [-0.3, -0.25) is 9.59 Å². The number of nitrogens with zero attached hydrogens (tertiary/aromatic N) is 2. The van der Waals surface area contributed by atoms with Crippen molar-refractivity contribution < 1.29 is 24.6 Å². The minimum atomic E-state index is -1.29. The summed E-state index contributed by atoms with van der Waals surface area (Å²) in [5, 5.41) is 24.3. The van der Waals surface area contributed by atoms with Crippen LogP contribution in [0.5, 0.6) is 0 Å². The van der Waals surface area contributed by atoms with E-state index in [1.165, 1.54) is 11.3 Å². The molecule has 4 rings (SSSR count). The molecule has 1 saturated carbocycles. The number of aliphatic hydroxyl groups is 1. The number of thiophene rings is 1. The third kappa shape index (κ3) is 7.95. The molecule has 210 valence electrons. The fraction of sp³-hybridized carbons (Fsp3) is 0.429. The number of thiazole rings is 1. The molecule has 0 atom stereocenters. The summed E-state index contributed by atoms with van der Waals surface area (Å²) < 4.78 is 0. The summed E-state index contributed by atoms with van der Waals surface area (Å²) in [4.78, 5) is 44.1. The fourth-order valence-electron chi connectivity index (χ4n) is 4.44. The van der Waals surface area contributed by atoms with Crippen LogP contribution in [0.25, 0.3) is 10.4 Å². The minimum Gasteiger partial charge on any atom is -0.544 e. The monoisotopic (exact) mass is 571 g/mol. The van der Waals surface area contributed by atoms with Crippen LogP contribution in [-0.2, 0) is 4.79 Å². The van der Waals surface area contributed by atoms with Crippen LogP contribution in [0, 0.1) is 11.8 Å². The summed E-state index contributed by atoms with van der Waals surface area (Å²) in [7, 11) is 0. The molecule has 2 amide bonds. The van der Waals surface area contributed by atoms with Gasteiger partial charge in [-0.1, -0.05) is 19.1 Å². The van der Waals surface area contributed by atoms with Gasteiger partial charge < -0.3 is 31.0 Å². The number of hydrogen-bond donors (Lipinski definition) is 3. The normalized spacial score (nSPS) is 16.8. The van der Waals surface area contributed by atoms with Crippen LogP contribution in [0.3, 0.4) is 0 Å². The number of rotatable bonds is 8. The first-order chi connectivity index (χ1) is 18.7. The van der Waals surface area contributed by atoms with Gasteiger partial charge in [-0.05, 0) is 69.2 Å². The predicted molar refractivity (Wildman–Crippen MR) is 154 cm³/mol. The van der Waals surface area contributed by atoms with Crippen molar-refractivity contribution in [3.63, 3.8) is 0 Å². The molecule has 1 aromatic carbocycles. The topological polar surface area (TPSA) is 149 Å². The Morgan fingerprint density at radius 2 is 1.82 bits per heavy atom. The molecule has 11 heteroatoms. The Labute approximate surface area is 236 Å². The van der Waals surface area contributed by atoms with Gasteiger partial charge in [0.05, 0.1) is 28.7 Å². The van der Waals surface area contributed by atoms with E-state index in [1.54, 1.807) is 34.0 Å². The van der Waals surface area contributed by atoms with Crippen LogP contribution in [0.2, 0.25) is 0 Å². The van der Waals surface area contributed by atoms with E-state index in [1.807, 2.05) is 26.0 Å². The van der Waals surface area contributed by atoms with Gasteiger partial charge in [0.15, 0.2) is 0 Å². The van der Waals surface area contributed by atoms with Gasteiger partial charge in [-0.2, -0.15) is 0 Å². The zero-order valence-corrected chi connectivity index (χ0v) is 24.0. The van der Waals surface area contributed by atoms with E-state index in [0.717, 1.165) is 42.6 Å². The van der Waals surface area contributed by atoms with E-state index in [9.17, 15) is 19.5 Å². The standard InChI is InChI=1S/C26H29N3O4S2.C2H7NO/c1-15(2)29(25(31)18-6-4-16(3)5-7-18)21-12-22(35-23(21)26(32)33)17-8-10-19(11-9-17)28-24(30)20-13-34-14-27-20;3-1-2-4/h8-16,18H,4-7H2,1-3H3,(H,28,30)(H,32,33);4H,1-3H2/p-1. The van der Waals surface area contributed by atoms with Crippen molar-refractivity contribution in [1.29, 1.82) is 0 Å². The van der Waals surface area contributed by atoms with Gasteiger partial charge in [-0.15, -0.1) is 22.7 Å². The van der Waals surface area contributed by atoms with Crippen LogP contribution in [0.15, 0.2) is 41.2 Å². The van der Waals surface area contributed by atoms with Gasteiger partial charge in [0.25, 0.3) is 5.91 Å². The van der Waals surface area contributed by atoms with E-state index in [2.05, 4.69) is 17.2 Å².